The molecular weight excluding hydrogens is 392 g/mol. The molecule has 1 aromatic carbocycles. The van der Waals surface area contributed by atoms with Crippen molar-refractivity contribution < 1.29 is 19.1 Å². The second kappa shape index (κ2) is 9.01. The van der Waals surface area contributed by atoms with Crippen LogP contribution in [0.3, 0.4) is 0 Å². The minimum absolute atomic E-state index is 0.0480. The van der Waals surface area contributed by atoms with Crippen LogP contribution < -0.4 is 10.2 Å². The predicted molar refractivity (Wildman–Crippen MR) is 118 cm³/mol. The fraction of sp³-hybridized carbons (Fsp3) is 0.640. The molecule has 0 heterocycles. The van der Waals surface area contributed by atoms with Crippen molar-refractivity contribution in [1.29, 1.82) is 0 Å². The Kier molecular flexibility index (Phi) is 6.35. The lowest BCUT2D eigenvalue weighted by Gasteiger charge is -2.55. The molecule has 6 nitrogen and oxygen atoms in total. The molecule has 4 saturated carbocycles. The molecule has 1 N–H and O–H groups in total. The predicted octanol–water partition coefficient (Wildman–Crippen LogP) is 3.69. The van der Waals surface area contributed by atoms with E-state index in [2.05, 4.69) is 5.32 Å². The monoisotopic (exact) mass is 426 g/mol. The van der Waals surface area contributed by atoms with Gasteiger partial charge in [0, 0.05) is 23.7 Å². The van der Waals surface area contributed by atoms with Crippen LogP contribution in [0.4, 0.5) is 5.69 Å². The number of amides is 2. The van der Waals surface area contributed by atoms with Gasteiger partial charge in [0.15, 0.2) is 6.61 Å². The van der Waals surface area contributed by atoms with Crippen LogP contribution in [0.15, 0.2) is 30.3 Å². The molecule has 0 unspecified atom stereocenters. The number of hydrogen-bond acceptors (Lipinski definition) is 4. The molecule has 0 aromatic heterocycles. The van der Waals surface area contributed by atoms with Gasteiger partial charge >= 0.3 is 5.97 Å². The Labute approximate surface area is 184 Å². The summed E-state index contributed by atoms with van der Waals surface area (Å²) >= 11 is 0. The fourth-order valence-electron chi connectivity index (χ4n) is 6.46. The fourth-order valence-corrected chi connectivity index (χ4v) is 6.46. The summed E-state index contributed by atoms with van der Waals surface area (Å²) in [6.07, 6.45) is 6.99. The molecule has 168 valence electrons. The van der Waals surface area contributed by atoms with E-state index >= 15 is 0 Å². The summed E-state index contributed by atoms with van der Waals surface area (Å²) < 4.78 is 5.21. The molecular formula is C25H34N2O4. The number of esters is 1. The maximum absolute atomic E-state index is 12.9. The number of benzene rings is 1. The van der Waals surface area contributed by atoms with Crippen molar-refractivity contribution in [1.82, 2.24) is 5.32 Å². The van der Waals surface area contributed by atoms with Crippen molar-refractivity contribution in [3.05, 3.63) is 30.3 Å². The zero-order valence-electron chi connectivity index (χ0n) is 18.6. The molecule has 2 amide bonds. The summed E-state index contributed by atoms with van der Waals surface area (Å²) in [7, 11) is 0. The SMILES string of the molecule is CC(C)N(C(=O)COC(=O)CCNC(=O)C12CC3CC(CC(C3)C1)C2)c1ccccc1. The topological polar surface area (TPSA) is 75.7 Å². The number of carbonyl (C=O) groups is 3. The molecule has 0 saturated heterocycles. The molecule has 4 aliphatic rings. The quantitative estimate of drug-likeness (QED) is 0.643. The Morgan fingerprint density at radius 1 is 1.03 bits per heavy atom. The Balaban J connectivity index is 1.22. The zero-order valence-corrected chi connectivity index (χ0v) is 18.6. The summed E-state index contributed by atoms with van der Waals surface area (Å²) in [6, 6.07) is 9.31. The van der Waals surface area contributed by atoms with Crippen LogP contribution in [0, 0.1) is 23.2 Å². The van der Waals surface area contributed by atoms with E-state index in [4.69, 9.17) is 4.74 Å². The molecule has 0 spiro atoms. The van der Waals surface area contributed by atoms with Crippen molar-refractivity contribution in [2.45, 2.75) is 64.8 Å². The summed E-state index contributed by atoms with van der Waals surface area (Å²) in [4.78, 5) is 39.3. The molecule has 0 radical (unpaired) electrons. The van der Waals surface area contributed by atoms with Gasteiger partial charge in [0.05, 0.1) is 6.42 Å². The molecule has 4 aliphatic carbocycles. The van der Waals surface area contributed by atoms with Gasteiger partial charge in [0.1, 0.15) is 0 Å². The van der Waals surface area contributed by atoms with Crippen LogP contribution in [0.25, 0.3) is 0 Å². The van der Waals surface area contributed by atoms with Gasteiger partial charge in [-0.15, -0.1) is 0 Å². The van der Waals surface area contributed by atoms with E-state index in [-0.39, 0.29) is 42.8 Å². The van der Waals surface area contributed by atoms with Crippen molar-refractivity contribution in [2.24, 2.45) is 23.2 Å². The Hall–Kier alpha value is -2.37. The third-order valence-corrected chi connectivity index (χ3v) is 7.31. The van der Waals surface area contributed by atoms with E-state index in [0.29, 0.717) is 17.8 Å². The largest absolute Gasteiger partial charge is 0.455 e. The Morgan fingerprint density at radius 2 is 1.61 bits per heavy atom. The van der Waals surface area contributed by atoms with Crippen LogP contribution in [0.2, 0.25) is 0 Å². The number of para-hydroxylation sites is 1. The average Bonchev–Trinajstić information content (AvgIpc) is 2.72. The molecule has 31 heavy (non-hydrogen) atoms. The van der Waals surface area contributed by atoms with E-state index in [9.17, 15) is 14.4 Å². The molecule has 4 fully saturated rings. The third-order valence-electron chi connectivity index (χ3n) is 7.31. The molecule has 4 bridgehead atoms. The number of nitrogens with one attached hydrogen (secondary N) is 1. The van der Waals surface area contributed by atoms with E-state index in [1.54, 1.807) is 4.90 Å². The minimum Gasteiger partial charge on any atom is -0.455 e. The first kappa shape index (κ1) is 21.8. The summed E-state index contributed by atoms with van der Waals surface area (Å²) in [5.41, 5.74) is 0.573. The van der Waals surface area contributed by atoms with Crippen LogP contribution in [-0.2, 0) is 19.1 Å². The molecule has 5 rings (SSSR count). The number of nitrogens with zero attached hydrogens (tertiary/aromatic N) is 1. The number of rotatable bonds is 8. The summed E-state index contributed by atoms with van der Waals surface area (Å²) in [5, 5.41) is 2.99. The molecule has 1 aromatic rings. The highest BCUT2D eigenvalue weighted by Gasteiger charge is 2.54. The van der Waals surface area contributed by atoms with E-state index in [0.717, 1.165) is 24.9 Å². The van der Waals surface area contributed by atoms with Crippen LogP contribution in [-0.4, -0.2) is 37.0 Å². The van der Waals surface area contributed by atoms with Gasteiger partial charge in [0.25, 0.3) is 5.91 Å². The van der Waals surface area contributed by atoms with E-state index in [1.807, 2.05) is 44.2 Å². The number of anilines is 1. The minimum atomic E-state index is -0.462. The smallest absolute Gasteiger partial charge is 0.308 e. The third kappa shape index (κ3) is 4.78. The van der Waals surface area contributed by atoms with Crippen molar-refractivity contribution in [3.63, 3.8) is 0 Å². The Morgan fingerprint density at radius 3 is 2.16 bits per heavy atom. The maximum atomic E-state index is 12.9. The summed E-state index contributed by atoms with van der Waals surface area (Å²) in [6.45, 7) is 3.81. The Bertz CT molecular complexity index is 785. The lowest BCUT2D eigenvalue weighted by molar-refractivity contribution is -0.149. The van der Waals surface area contributed by atoms with E-state index in [1.165, 1.54) is 19.3 Å². The molecule has 6 heteroatoms. The normalized spacial score (nSPS) is 28.4. The van der Waals surface area contributed by atoms with Gasteiger partial charge in [0.2, 0.25) is 5.91 Å². The van der Waals surface area contributed by atoms with Crippen molar-refractivity contribution >= 4 is 23.5 Å². The first-order valence-corrected chi connectivity index (χ1v) is 11.7. The number of hydrogen-bond donors (Lipinski definition) is 1. The standard InChI is InChI=1S/C25H34N2O4/c1-17(2)27(21-6-4-3-5-7-21)22(28)16-31-23(29)8-9-26-24(30)25-13-18-10-19(14-25)12-20(11-18)15-25/h3-7,17-20H,8-16H2,1-2H3,(H,26,30). The lowest BCUT2D eigenvalue weighted by atomic mass is 9.49. The van der Waals surface area contributed by atoms with Crippen molar-refractivity contribution in [2.75, 3.05) is 18.1 Å². The average molecular weight is 427 g/mol. The molecule has 0 aliphatic heterocycles. The number of ether oxygens (including phenoxy) is 1. The highest BCUT2D eigenvalue weighted by molar-refractivity contribution is 5.95. The van der Waals surface area contributed by atoms with Crippen LogP contribution in [0.5, 0.6) is 0 Å². The van der Waals surface area contributed by atoms with Gasteiger partial charge < -0.3 is 15.0 Å². The highest BCUT2D eigenvalue weighted by atomic mass is 16.5. The number of carbonyl (C=O) groups excluding carboxylic acids is 3. The summed E-state index contributed by atoms with van der Waals surface area (Å²) in [5.74, 6) is 1.53. The maximum Gasteiger partial charge on any atom is 0.308 e. The molecule has 0 atom stereocenters. The van der Waals surface area contributed by atoms with Crippen molar-refractivity contribution in [3.8, 4) is 0 Å². The van der Waals surface area contributed by atoms with Gasteiger partial charge in [-0.1, -0.05) is 18.2 Å². The lowest BCUT2D eigenvalue weighted by Crippen LogP contribution is -2.53. The van der Waals surface area contributed by atoms with Gasteiger partial charge in [-0.05, 0) is 82.3 Å². The van der Waals surface area contributed by atoms with Gasteiger partial charge in [-0.3, -0.25) is 14.4 Å². The van der Waals surface area contributed by atoms with Gasteiger partial charge in [-0.2, -0.15) is 0 Å². The van der Waals surface area contributed by atoms with Crippen LogP contribution >= 0.6 is 0 Å². The first-order chi connectivity index (χ1) is 14.9. The second-order valence-electron chi connectivity index (χ2n) is 10.1. The second-order valence-corrected chi connectivity index (χ2v) is 10.1. The first-order valence-electron chi connectivity index (χ1n) is 11.7. The highest BCUT2D eigenvalue weighted by Crippen LogP contribution is 2.60. The van der Waals surface area contributed by atoms with Gasteiger partial charge in [-0.25, -0.2) is 0 Å². The van der Waals surface area contributed by atoms with E-state index < -0.39 is 5.97 Å². The van der Waals surface area contributed by atoms with Crippen LogP contribution in [0.1, 0.15) is 58.8 Å². The zero-order chi connectivity index (χ0) is 22.0.